The Bertz CT molecular complexity index is 444. The standard InChI is InChI=1S/C14H18N2O2/c17-11-6-4-10(5-7-11)16-14(18)13-12-3-1-2-9(12)8-15-13/h4-7,9,12-13,15,17H,1-3,8H2,(H,16,18). The molecule has 1 aliphatic carbocycles. The van der Waals surface area contributed by atoms with Gasteiger partial charge in [-0.05, 0) is 55.5 Å². The van der Waals surface area contributed by atoms with Crippen LogP contribution in [0, 0.1) is 11.8 Å². The summed E-state index contributed by atoms with van der Waals surface area (Å²) in [5.41, 5.74) is 0.737. The predicted octanol–water partition coefficient (Wildman–Crippen LogP) is 1.72. The van der Waals surface area contributed by atoms with Crippen molar-refractivity contribution in [3.63, 3.8) is 0 Å². The fraction of sp³-hybridized carbons (Fsp3) is 0.500. The highest BCUT2D eigenvalue weighted by molar-refractivity contribution is 5.95. The van der Waals surface area contributed by atoms with Crippen molar-refractivity contribution in [2.45, 2.75) is 25.3 Å². The number of hydrogen-bond donors (Lipinski definition) is 3. The van der Waals surface area contributed by atoms with Crippen LogP contribution < -0.4 is 10.6 Å². The largest absolute Gasteiger partial charge is 0.508 e. The number of rotatable bonds is 2. The monoisotopic (exact) mass is 246 g/mol. The molecule has 1 aromatic rings. The van der Waals surface area contributed by atoms with E-state index in [0.717, 1.165) is 18.7 Å². The molecule has 1 aromatic carbocycles. The number of carbonyl (C=O) groups is 1. The minimum atomic E-state index is -0.0497. The number of phenolic OH excluding ortho intramolecular Hbond substituents is 1. The molecule has 3 unspecified atom stereocenters. The molecule has 0 spiro atoms. The van der Waals surface area contributed by atoms with Gasteiger partial charge in [0.2, 0.25) is 5.91 Å². The minimum absolute atomic E-state index is 0.0497. The molecule has 1 amide bonds. The van der Waals surface area contributed by atoms with Gasteiger partial charge in [-0.25, -0.2) is 0 Å². The summed E-state index contributed by atoms with van der Waals surface area (Å²) in [6.07, 6.45) is 3.66. The molecule has 2 fully saturated rings. The average molecular weight is 246 g/mol. The number of benzene rings is 1. The highest BCUT2D eigenvalue weighted by Gasteiger charge is 2.42. The molecule has 0 bridgehead atoms. The first-order chi connectivity index (χ1) is 8.74. The first kappa shape index (κ1) is 11.5. The van der Waals surface area contributed by atoms with Crippen molar-refractivity contribution < 1.29 is 9.90 Å². The van der Waals surface area contributed by atoms with Crippen molar-refractivity contribution in [1.29, 1.82) is 0 Å². The third-order valence-corrected chi connectivity index (χ3v) is 4.16. The quantitative estimate of drug-likeness (QED) is 0.696. The van der Waals surface area contributed by atoms with Gasteiger partial charge in [-0.3, -0.25) is 4.79 Å². The molecular formula is C14H18N2O2. The Labute approximate surface area is 106 Å². The molecule has 1 saturated heterocycles. The van der Waals surface area contributed by atoms with Crippen LogP contribution in [0.4, 0.5) is 5.69 Å². The van der Waals surface area contributed by atoms with E-state index < -0.39 is 0 Å². The molecule has 96 valence electrons. The van der Waals surface area contributed by atoms with Gasteiger partial charge in [0.05, 0.1) is 6.04 Å². The number of aromatic hydroxyl groups is 1. The van der Waals surface area contributed by atoms with Gasteiger partial charge < -0.3 is 15.7 Å². The SMILES string of the molecule is O=C(Nc1ccc(O)cc1)C1NCC2CCCC21. The summed E-state index contributed by atoms with van der Waals surface area (Å²) < 4.78 is 0. The normalized spacial score (nSPS) is 30.1. The fourth-order valence-electron chi connectivity index (χ4n) is 3.24. The van der Waals surface area contributed by atoms with Crippen LogP contribution in [0.5, 0.6) is 5.75 Å². The number of anilines is 1. The highest BCUT2D eigenvalue weighted by Crippen LogP contribution is 2.37. The maximum absolute atomic E-state index is 12.2. The summed E-state index contributed by atoms with van der Waals surface area (Å²) in [6, 6.07) is 6.54. The maximum atomic E-state index is 12.2. The minimum Gasteiger partial charge on any atom is -0.508 e. The number of carbonyl (C=O) groups excluding carboxylic acids is 1. The van der Waals surface area contributed by atoms with Crippen molar-refractivity contribution in [1.82, 2.24) is 5.32 Å². The number of phenols is 1. The van der Waals surface area contributed by atoms with Crippen LogP contribution in [0.3, 0.4) is 0 Å². The van der Waals surface area contributed by atoms with Gasteiger partial charge in [0, 0.05) is 5.69 Å². The Morgan fingerprint density at radius 1 is 1.28 bits per heavy atom. The molecule has 3 rings (SSSR count). The molecule has 1 saturated carbocycles. The molecule has 0 radical (unpaired) electrons. The molecular weight excluding hydrogens is 228 g/mol. The molecule has 2 aliphatic rings. The van der Waals surface area contributed by atoms with Gasteiger partial charge in [0.15, 0.2) is 0 Å². The first-order valence-electron chi connectivity index (χ1n) is 6.57. The Morgan fingerprint density at radius 3 is 2.83 bits per heavy atom. The van der Waals surface area contributed by atoms with E-state index in [2.05, 4.69) is 10.6 Å². The lowest BCUT2D eigenvalue weighted by Crippen LogP contribution is -2.39. The van der Waals surface area contributed by atoms with Crippen LogP contribution in [0.15, 0.2) is 24.3 Å². The Hall–Kier alpha value is -1.55. The van der Waals surface area contributed by atoms with E-state index in [1.54, 1.807) is 24.3 Å². The van der Waals surface area contributed by atoms with Crippen molar-refractivity contribution >= 4 is 11.6 Å². The zero-order valence-corrected chi connectivity index (χ0v) is 10.2. The topological polar surface area (TPSA) is 61.4 Å². The molecule has 4 heteroatoms. The van der Waals surface area contributed by atoms with E-state index in [1.165, 1.54) is 12.8 Å². The lowest BCUT2D eigenvalue weighted by molar-refractivity contribution is -0.118. The second kappa shape index (κ2) is 4.61. The first-order valence-corrected chi connectivity index (χ1v) is 6.57. The number of nitrogens with one attached hydrogen (secondary N) is 2. The maximum Gasteiger partial charge on any atom is 0.241 e. The van der Waals surface area contributed by atoms with Gasteiger partial charge >= 0.3 is 0 Å². The number of amides is 1. The van der Waals surface area contributed by atoms with Crippen molar-refractivity contribution in [3.05, 3.63) is 24.3 Å². The molecule has 1 heterocycles. The summed E-state index contributed by atoms with van der Waals surface area (Å²) in [6.45, 7) is 0.971. The zero-order chi connectivity index (χ0) is 12.5. The lowest BCUT2D eigenvalue weighted by Gasteiger charge is -2.17. The summed E-state index contributed by atoms with van der Waals surface area (Å²) in [5.74, 6) is 1.45. The Balaban J connectivity index is 1.66. The van der Waals surface area contributed by atoms with Crippen LogP contribution in [-0.2, 0) is 4.79 Å². The summed E-state index contributed by atoms with van der Waals surface area (Å²) in [7, 11) is 0. The molecule has 4 nitrogen and oxygen atoms in total. The molecule has 1 aliphatic heterocycles. The summed E-state index contributed by atoms with van der Waals surface area (Å²) >= 11 is 0. The second-order valence-electron chi connectivity index (χ2n) is 5.28. The van der Waals surface area contributed by atoms with Gasteiger partial charge in [0.25, 0.3) is 0 Å². The van der Waals surface area contributed by atoms with Gasteiger partial charge in [-0.2, -0.15) is 0 Å². The smallest absolute Gasteiger partial charge is 0.241 e. The van der Waals surface area contributed by atoms with E-state index in [4.69, 9.17) is 0 Å². The Morgan fingerprint density at radius 2 is 2.06 bits per heavy atom. The average Bonchev–Trinajstić information content (AvgIpc) is 2.93. The van der Waals surface area contributed by atoms with E-state index in [1.807, 2.05) is 0 Å². The van der Waals surface area contributed by atoms with Crippen molar-refractivity contribution in [3.8, 4) is 5.75 Å². The van der Waals surface area contributed by atoms with Crippen LogP contribution in [0.1, 0.15) is 19.3 Å². The predicted molar refractivity (Wildman–Crippen MR) is 69.4 cm³/mol. The van der Waals surface area contributed by atoms with Gasteiger partial charge in [0.1, 0.15) is 5.75 Å². The molecule has 0 aromatic heterocycles. The number of fused-ring (bicyclic) bond motifs is 1. The third-order valence-electron chi connectivity index (χ3n) is 4.16. The lowest BCUT2D eigenvalue weighted by atomic mass is 9.93. The van der Waals surface area contributed by atoms with Crippen molar-refractivity contribution in [2.24, 2.45) is 11.8 Å². The van der Waals surface area contributed by atoms with Gasteiger partial charge in [-0.1, -0.05) is 6.42 Å². The third kappa shape index (κ3) is 2.08. The summed E-state index contributed by atoms with van der Waals surface area (Å²) in [5, 5.41) is 15.4. The van der Waals surface area contributed by atoms with Crippen LogP contribution >= 0.6 is 0 Å². The molecule has 18 heavy (non-hydrogen) atoms. The fourth-order valence-corrected chi connectivity index (χ4v) is 3.24. The molecule has 3 atom stereocenters. The Kier molecular flexibility index (Phi) is 2.96. The summed E-state index contributed by atoms with van der Waals surface area (Å²) in [4.78, 5) is 12.2. The van der Waals surface area contributed by atoms with Crippen LogP contribution in [0.2, 0.25) is 0 Å². The van der Waals surface area contributed by atoms with Crippen LogP contribution in [0.25, 0.3) is 0 Å². The van der Waals surface area contributed by atoms with Crippen LogP contribution in [-0.4, -0.2) is 23.6 Å². The van der Waals surface area contributed by atoms with E-state index in [0.29, 0.717) is 11.8 Å². The van der Waals surface area contributed by atoms with Gasteiger partial charge in [-0.15, -0.1) is 0 Å². The number of hydrogen-bond acceptors (Lipinski definition) is 3. The molecule has 3 N–H and O–H groups in total. The zero-order valence-electron chi connectivity index (χ0n) is 10.2. The van der Waals surface area contributed by atoms with E-state index in [9.17, 15) is 9.90 Å². The van der Waals surface area contributed by atoms with E-state index in [-0.39, 0.29) is 17.7 Å². The van der Waals surface area contributed by atoms with Crippen molar-refractivity contribution in [2.75, 3.05) is 11.9 Å². The highest BCUT2D eigenvalue weighted by atomic mass is 16.3. The van der Waals surface area contributed by atoms with E-state index >= 15 is 0 Å². The second-order valence-corrected chi connectivity index (χ2v) is 5.28.